The molecule has 5 heteroatoms. The van der Waals surface area contributed by atoms with Gasteiger partial charge >= 0.3 is 6.09 Å². The van der Waals surface area contributed by atoms with E-state index < -0.39 is 6.10 Å². The number of aliphatic hydroxyl groups excluding tert-OH is 1. The van der Waals surface area contributed by atoms with E-state index in [0.29, 0.717) is 32.3 Å². The monoisotopic (exact) mass is 290 g/mol. The molecule has 5 nitrogen and oxygen atoms in total. The number of cyclic esters (lactones) is 1. The maximum absolute atomic E-state index is 11.5. The highest BCUT2D eigenvalue weighted by atomic mass is 16.6. The highest BCUT2D eigenvalue weighted by Crippen LogP contribution is 2.28. The molecule has 0 radical (unpaired) electrons. The van der Waals surface area contributed by atoms with E-state index in [1.54, 1.807) is 4.90 Å². The first-order chi connectivity index (χ1) is 10.2. The second-order valence-corrected chi connectivity index (χ2v) is 5.75. The lowest BCUT2D eigenvalue weighted by Crippen LogP contribution is -2.38. The summed E-state index contributed by atoms with van der Waals surface area (Å²) in [4.78, 5) is 15.5. The summed E-state index contributed by atoms with van der Waals surface area (Å²) in [5.74, 6) is 0. The quantitative estimate of drug-likeness (QED) is 0.829. The Hall–Kier alpha value is -1.59. The Kier molecular flexibility index (Phi) is 4.41. The largest absolute Gasteiger partial charge is 0.448 e. The van der Waals surface area contributed by atoms with Crippen LogP contribution in [-0.4, -0.2) is 59.8 Å². The van der Waals surface area contributed by atoms with Crippen LogP contribution in [0.2, 0.25) is 0 Å². The predicted octanol–water partition coefficient (Wildman–Crippen LogP) is 1.64. The number of carbonyl (C=O) groups is 1. The number of rotatable bonds is 7. The summed E-state index contributed by atoms with van der Waals surface area (Å²) >= 11 is 0. The average Bonchev–Trinajstić information content (AvgIpc) is 3.27. The number of aliphatic hydroxyl groups is 1. The fraction of sp³-hybridized carbons (Fsp3) is 0.562. The molecular formula is C16H22N2O3. The zero-order valence-electron chi connectivity index (χ0n) is 12.1. The fourth-order valence-corrected chi connectivity index (χ4v) is 2.74. The molecule has 2 fully saturated rings. The minimum Gasteiger partial charge on any atom is -0.448 e. The molecule has 1 atom stereocenters. The normalized spacial score (nSPS) is 19.9. The van der Waals surface area contributed by atoms with Crippen molar-refractivity contribution >= 4 is 6.09 Å². The number of carbonyl (C=O) groups excluding carboxylic acids is 1. The Balaban J connectivity index is 1.53. The summed E-state index contributed by atoms with van der Waals surface area (Å²) in [6, 6.07) is 10.3. The van der Waals surface area contributed by atoms with Gasteiger partial charge in [-0.15, -0.1) is 0 Å². The summed E-state index contributed by atoms with van der Waals surface area (Å²) in [6.45, 7) is 3.27. The highest BCUT2D eigenvalue weighted by molar-refractivity contribution is 5.69. The maximum Gasteiger partial charge on any atom is 0.409 e. The number of nitrogens with zero attached hydrogens (tertiary/aromatic N) is 2. The van der Waals surface area contributed by atoms with Gasteiger partial charge in [0.2, 0.25) is 0 Å². The van der Waals surface area contributed by atoms with E-state index in [4.69, 9.17) is 4.74 Å². The molecule has 1 N–H and O–H groups in total. The number of hydrogen-bond donors (Lipinski definition) is 1. The van der Waals surface area contributed by atoms with Gasteiger partial charge in [-0.3, -0.25) is 4.90 Å². The van der Waals surface area contributed by atoms with Gasteiger partial charge in [-0.2, -0.15) is 0 Å². The maximum atomic E-state index is 11.5. The van der Waals surface area contributed by atoms with E-state index in [2.05, 4.69) is 4.90 Å². The molecular weight excluding hydrogens is 268 g/mol. The van der Waals surface area contributed by atoms with E-state index in [9.17, 15) is 9.90 Å². The number of ether oxygens (including phenoxy) is 1. The van der Waals surface area contributed by atoms with Gasteiger partial charge in [0.05, 0.1) is 12.6 Å². The SMILES string of the molecule is O=C1OCCN1CCN(C[C@H](O)c1ccccc1)C1CC1. The predicted molar refractivity (Wildman–Crippen MR) is 78.9 cm³/mol. The average molecular weight is 290 g/mol. The van der Waals surface area contributed by atoms with Crippen molar-refractivity contribution in [3.63, 3.8) is 0 Å². The van der Waals surface area contributed by atoms with Crippen LogP contribution >= 0.6 is 0 Å². The summed E-state index contributed by atoms with van der Waals surface area (Å²) in [6.07, 6.45) is 1.68. The third kappa shape index (κ3) is 3.74. The third-order valence-electron chi connectivity index (χ3n) is 4.16. The Labute approximate surface area is 125 Å². The summed E-state index contributed by atoms with van der Waals surface area (Å²) in [5, 5.41) is 10.4. The Bertz CT molecular complexity index is 476. The van der Waals surface area contributed by atoms with Crippen LogP contribution < -0.4 is 0 Å². The molecule has 3 rings (SSSR count). The van der Waals surface area contributed by atoms with Gasteiger partial charge in [-0.05, 0) is 18.4 Å². The smallest absolute Gasteiger partial charge is 0.409 e. The molecule has 0 aromatic heterocycles. The Morgan fingerprint density at radius 1 is 1.33 bits per heavy atom. The van der Waals surface area contributed by atoms with Crippen molar-refractivity contribution in [2.45, 2.75) is 25.0 Å². The van der Waals surface area contributed by atoms with Crippen LogP contribution in [0.3, 0.4) is 0 Å². The zero-order chi connectivity index (χ0) is 14.7. The molecule has 1 aromatic rings. The van der Waals surface area contributed by atoms with E-state index in [1.165, 1.54) is 12.8 Å². The number of hydrogen-bond acceptors (Lipinski definition) is 4. The lowest BCUT2D eigenvalue weighted by molar-refractivity contribution is 0.102. The van der Waals surface area contributed by atoms with Gasteiger partial charge in [0.15, 0.2) is 0 Å². The van der Waals surface area contributed by atoms with Crippen molar-refractivity contribution in [3.05, 3.63) is 35.9 Å². The lowest BCUT2D eigenvalue weighted by atomic mass is 10.1. The van der Waals surface area contributed by atoms with Gasteiger partial charge in [0.1, 0.15) is 6.61 Å². The second-order valence-electron chi connectivity index (χ2n) is 5.75. The van der Waals surface area contributed by atoms with E-state index in [0.717, 1.165) is 12.1 Å². The summed E-state index contributed by atoms with van der Waals surface area (Å²) in [5.41, 5.74) is 0.948. The summed E-state index contributed by atoms with van der Waals surface area (Å²) < 4.78 is 4.94. The van der Waals surface area contributed by atoms with Crippen LogP contribution in [0.5, 0.6) is 0 Å². The molecule has 1 aliphatic carbocycles. The first kappa shape index (κ1) is 14.4. The molecule has 0 spiro atoms. The van der Waals surface area contributed by atoms with Crippen molar-refractivity contribution in [2.75, 3.05) is 32.8 Å². The first-order valence-corrected chi connectivity index (χ1v) is 7.63. The van der Waals surface area contributed by atoms with E-state index in [-0.39, 0.29) is 6.09 Å². The van der Waals surface area contributed by atoms with Crippen molar-refractivity contribution in [2.24, 2.45) is 0 Å². The second kappa shape index (κ2) is 6.45. The zero-order valence-corrected chi connectivity index (χ0v) is 12.1. The fourth-order valence-electron chi connectivity index (χ4n) is 2.74. The van der Waals surface area contributed by atoms with Crippen molar-refractivity contribution in [1.29, 1.82) is 0 Å². The molecule has 0 bridgehead atoms. The molecule has 1 saturated carbocycles. The molecule has 1 heterocycles. The minimum atomic E-state index is -0.475. The third-order valence-corrected chi connectivity index (χ3v) is 4.16. The molecule has 1 aromatic carbocycles. The molecule has 21 heavy (non-hydrogen) atoms. The van der Waals surface area contributed by atoms with Crippen molar-refractivity contribution in [1.82, 2.24) is 9.80 Å². The Morgan fingerprint density at radius 3 is 2.71 bits per heavy atom. The van der Waals surface area contributed by atoms with Gasteiger partial charge < -0.3 is 14.7 Å². The first-order valence-electron chi connectivity index (χ1n) is 7.63. The van der Waals surface area contributed by atoms with Gasteiger partial charge in [0, 0.05) is 25.7 Å². The van der Waals surface area contributed by atoms with Gasteiger partial charge in [-0.25, -0.2) is 4.79 Å². The molecule has 2 aliphatic rings. The standard InChI is InChI=1S/C16H22N2O3/c19-15(13-4-2-1-3-5-13)12-18(14-6-7-14)9-8-17-10-11-21-16(17)20/h1-5,14-15,19H,6-12H2/t15-/m0/s1. The van der Waals surface area contributed by atoms with Crippen LogP contribution in [0.15, 0.2) is 30.3 Å². The summed E-state index contributed by atoms with van der Waals surface area (Å²) in [7, 11) is 0. The van der Waals surface area contributed by atoms with Crippen molar-refractivity contribution < 1.29 is 14.6 Å². The van der Waals surface area contributed by atoms with Crippen LogP contribution in [0.25, 0.3) is 0 Å². The molecule has 1 saturated heterocycles. The Morgan fingerprint density at radius 2 is 2.10 bits per heavy atom. The molecule has 1 aliphatic heterocycles. The van der Waals surface area contributed by atoms with Crippen LogP contribution in [0, 0.1) is 0 Å². The van der Waals surface area contributed by atoms with Gasteiger partial charge in [-0.1, -0.05) is 30.3 Å². The number of benzene rings is 1. The van der Waals surface area contributed by atoms with Crippen LogP contribution in [0.4, 0.5) is 4.79 Å². The van der Waals surface area contributed by atoms with E-state index in [1.807, 2.05) is 30.3 Å². The van der Waals surface area contributed by atoms with Crippen LogP contribution in [-0.2, 0) is 4.74 Å². The highest BCUT2D eigenvalue weighted by Gasteiger charge is 2.31. The topological polar surface area (TPSA) is 53.0 Å². The van der Waals surface area contributed by atoms with Crippen molar-refractivity contribution in [3.8, 4) is 0 Å². The molecule has 0 unspecified atom stereocenters. The minimum absolute atomic E-state index is 0.214. The lowest BCUT2D eigenvalue weighted by Gasteiger charge is -2.26. The molecule has 114 valence electrons. The van der Waals surface area contributed by atoms with Crippen LogP contribution in [0.1, 0.15) is 24.5 Å². The van der Waals surface area contributed by atoms with E-state index >= 15 is 0 Å². The number of amides is 1. The van der Waals surface area contributed by atoms with Gasteiger partial charge in [0.25, 0.3) is 0 Å². The molecule has 1 amide bonds.